The maximum Gasteiger partial charge on any atom is 0.390 e. The molecule has 0 amide bonds. The Balaban J connectivity index is 2.25. The topological polar surface area (TPSA) is 69.7 Å². The summed E-state index contributed by atoms with van der Waals surface area (Å²) >= 11 is 0. The van der Waals surface area contributed by atoms with Crippen LogP contribution >= 0.6 is 0 Å². The first-order valence-corrected chi connectivity index (χ1v) is 6.63. The fraction of sp³-hybridized carbons (Fsp3) is 0.583. The summed E-state index contributed by atoms with van der Waals surface area (Å²) in [5.74, 6) is 0.769. The lowest BCUT2D eigenvalue weighted by Gasteiger charge is -2.20. The number of nitrogens with one attached hydrogen (secondary N) is 2. The van der Waals surface area contributed by atoms with E-state index in [2.05, 4.69) is 25.3 Å². The van der Waals surface area contributed by atoms with Crippen molar-refractivity contribution in [2.75, 3.05) is 30.4 Å². The fourth-order valence-electron chi connectivity index (χ4n) is 1.81. The number of hydrogen-bond donors (Lipinski definition) is 2. The SMILES string of the molecule is CCCNc1nc(N(C)CCC(F)(F)F)c2[nH]cnc2n1. The number of hydrogen-bond acceptors (Lipinski definition) is 5. The first-order valence-electron chi connectivity index (χ1n) is 6.63. The Labute approximate surface area is 119 Å². The van der Waals surface area contributed by atoms with Gasteiger partial charge in [0.2, 0.25) is 5.95 Å². The van der Waals surface area contributed by atoms with E-state index in [0.29, 0.717) is 29.5 Å². The molecule has 0 unspecified atom stereocenters. The third-order valence-electron chi connectivity index (χ3n) is 2.89. The minimum atomic E-state index is -4.20. The molecule has 0 aliphatic carbocycles. The number of halogens is 3. The van der Waals surface area contributed by atoms with E-state index in [-0.39, 0.29) is 6.54 Å². The van der Waals surface area contributed by atoms with Gasteiger partial charge in [0.1, 0.15) is 5.52 Å². The molecule has 6 nitrogen and oxygen atoms in total. The molecular formula is C12H17F3N6. The summed E-state index contributed by atoms with van der Waals surface area (Å²) in [5, 5.41) is 3.02. The van der Waals surface area contributed by atoms with Gasteiger partial charge in [-0.05, 0) is 6.42 Å². The smallest absolute Gasteiger partial charge is 0.357 e. The highest BCUT2D eigenvalue weighted by Crippen LogP contribution is 2.25. The van der Waals surface area contributed by atoms with Gasteiger partial charge in [-0.1, -0.05) is 6.92 Å². The molecule has 0 radical (unpaired) electrons. The Kier molecular flexibility index (Phi) is 4.49. The van der Waals surface area contributed by atoms with Crippen molar-refractivity contribution < 1.29 is 13.2 Å². The monoisotopic (exact) mass is 302 g/mol. The second kappa shape index (κ2) is 6.15. The zero-order valence-corrected chi connectivity index (χ0v) is 11.8. The zero-order chi connectivity index (χ0) is 15.5. The van der Waals surface area contributed by atoms with Crippen LogP contribution in [0.25, 0.3) is 11.2 Å². The van der Waals surface area contributed by atoms with Gasteiger partial charge < -0.3 is 15.2 Å². The second-order valence-electron chi connectivity index (χ2n) is 4.69. The van der Waals surface area contributed by atoms with Crippen molar-refractivity contribution in [2.45, 2.75) is 25.9 Å². The van der Waals surface area contributed by atoms with Crippen LogP contribution in [-0.4, -0.2) is 46.2 Å². The predicted octanol–water partition coefficient (Wildman–Crippen LogP) is 2.56. The van der Waals surface area contributed by atoms with Crippen molar-refractivity contribution in [3.05, 3.63) is 6.33 Å². The van der Waals surface area contributed by atoms with Gasteiger partial charge >= 0.3 is 6.18 Å². The van der Waals surface area contributed by atoms with Crippen molar-refractivity contribution in [2.24, 2.45) is 0 Å². The third kappa shape index (κ3) is 3.96. The molecule has 21 heavy (non-hydrogen) atoms. The molecule has 9 heteroatoms. The molecule has 2 N–H and O–H groups in total. The van der Waals surface area contributed by atoms with E-state index in [1.165, 1.54) is 11.2 Å². The maximum absolute atomic E-state index is 12.3. The number of alkyl halides is 3. The first-order chi connectivity index (χ1) is 9.90. The Hall–Kier alpha value is -2.06. The van der Waals surface area contributed by atoms with E-state index >= 15 is 0 Å². The molecule has 0 saturated heterocycles. The first kappa shape index (κ1) is 15.3. The number of H-pyrrole nitrogens is 1. The van der Waals surface area contributed by atoms with E-state index in [9.17, 15) is 13.2 Å². The van der Waals surface area contributed by atoms with Crippen LogP contribution < -0.4 is 10.2 Å². The predicted molar refractivity (Wildman–Crippen MR) is 74.4 cm³/mol. The molecule has 0 atom stereocenters. The van der Waals surface area contributed by atoms with Crippen LogP contribution in [0.4, 0.5) is 24.9 Å². The summed E-state index contributed by atoms with van der Waals surface area (Å²) in [7, 11) is 1.57. The number of aromatic amines is 1. The van der Waals surface area contributed by atoms with Gasteiger partial charge in [0.15, 0.2) is 11.5 Å². The van der Waals surface area contributed by atoms with Crippen molar-refractivity contribution in [3.8, 4) is 0 Å². The van der Waals surface area contributed by atoms with E-state index in [0.717, 1.165) is 6.42 Å². The molecule has 0 bridgehead atoms. The van der Waals surface area contributed by atoms with Crippen LogP contribution in [-0.2, 0) is 0 Å². The number of fused-ring (bicyclic) bond motifs is 1. The molecule has 0 spiro atoms. The van der Waals surface area contributed by atoms with Gasteiger partial charge in [-0.3, -0.25) is 0 Å². The highest BCUT2D eigenvalue weighted by molar-refractivity contribution is 5.84. The molecule has 2 aromatic heterocycles. The minimum Gasteiger partial charge on any atom is -0.357 e. The highest BCUT2D eigenvalue weighted by atomic mass is 19.4. The van der Waals surface area contributed by atoms with E-state index < -0.39 is 12.6 Å². The van der Waals surface area contributed by atoms with E-state index in [1.54, 1.807) is 7.05 Å². The molecule has 0 aromatic carbocycles. The average Bonchev–Trinajstić information content (AvgIpc) is 2.89. The van der Waals surface area contributed by atoms with Crippen molar-refractivity contribution in [1.82, 2.24) is 19.9 Å². The minimum absolute atomic E-state index is 0.179. The molecule has 2 heterocycles. The van der Waals surface area contributed by atoms with Gasteiger partial charge in [-0.15, -0.1) is 0 Å². The summed E-state index contributed by atoms with van der Waals surface area (Å²) in [6, 6.07) is 0. The van der Waals surface area contributed by atoms with Crippen LogP contribution in [0.3, 0.4) is 0 Å². The summed E-state index contributed by atoms with van der Waals surface area (Å²) in [6.07, 6.45) is -2.76. The van der Waals surface area contributed by atoms with Crippen molar-refractivity contribution in [3.63, 3.8) is 0 Å². The quantitative estimate of drug-likeness (QED) is 0.858. The van der Waals surface area contributed by atoms with Gasteiger partial charge in [0.25, 0.3) is 0 Å². The summed E-state index contributed by atoms with van der Waals surface area (Å²) in [4.78, 5) is 16.8. The van der Waals surface area contributed by atoms with Crippen LogP contribution in [0.15, 0.2) is 6.33 Å². The van der Waals surface area contributed by atoms with Crippen molar-refractivity contribution >= 4 is 22.9 Å². The molecule has 2 aromatic rings. The third-order valence-corrected chi connectivity index (χ3v) is 2.89. The molecule has 0 fully saturated rings. The van der Waals surface area contributed by atoms with E-state index in [4.69, 9.17) is 0 Å². The number of aromatic nitrogens is 4. The Morgan fingerprint density at radius 1 is 1.33 bits per heavy atom. The average molecular weight is 302 g/mol. The van der Waals surface area contributed by atoms with Gasteiger partial charge in [-0.25, -0.2) is 4.98 Å². The Bertz CT molecular complexity index is 594. The second-order valence-corrected chi connectivity index (χ2v) is 4.69. The summed E-state index contributed by atoms with van der Waals surface area (Å²) in [5.41, 5.74) is 0.958. The summed E-state index contributed by atoms with van der Waals surface area (Å²) < 4.78 is 37.0. The fourth-order valence-corrected chi connectivity index (χ4v) is 1.81. The lowest BCUT2D eigenvalue weighted by molar-refractivity contribution is -0.132. The lowest BCUT2D eigenvalue weighted by atomic mass is 10.3. The number of imidazole rings is 1. The van der Waals surface area contributed by atoms with Gasteiger partial charge in [0.05, 0.1) is 12.7 Å². The Morgan fingerprint density at radius 2 is 2.10 bits per heavy atom. The molecule has 0 aliphatic heterocycles. The number of rotatable bonds is 6. The van der Waals surface area contributed by atoms with Crippen LogP contribution in [0.5, 0.6) is 0 Å². The zero-order valence-electron chi connectivity index (χ0n) is 11.8. The van der Waals surface area contributed by atoms with Gasteiger partial charge in [-0.2, -0.15) is 23.1 Å². The normalized spacial score (nSPS) is 11.9. The Morgan fingerprint density at radius 3 is 2.76 bits per heavy atom. The largest absolute Gasteiger partial charge is 0.390 e. The lowest BCUT2D eigenvalue weighted by Crippen LogP contribution is -2.25. The maximum atomic E-state index is 12.3. The van der Waals surface area contributed by atoms with Gasteiger partial charge in [0, 0.05) is 20.1 Å². The molecule has 2 rings (SSSR count). The summed E-state index contributed by atoms with van der Waals surface area (Å²) in [6.45, 7) is 2.50. The van der Waals surface area contributed by atoms with Crippen LogP contribution in [0, 0.1) is 0 Å². The van der Waals surface area contributed by atoms with Crippen molar-refractivity contribution in [1.29, 1.82) is 0 Å². The molecule has 116 valence electrons. The highest BCUT2D eigenvalue weighted by Gasteiger charge is 2.28. The standard InChI is InChI=1S/C12H17F3N6/c1-3-5-16-11-19-9-8(17-7-18-9)10(20-11)21(2)6-4-12(13,14)15/h7H,3-6H2,1-2H3,(H2,16,17,18,19,20). The molecular weight excluding hydrogens is 285 g/mol. The molecule has 0 saturated carbocycles. The van der Waals surface area contributed by atoms with Crippen LogP contribution in [0.2, 0.25) is 0 Å². The van der Waals surface area contributed by atoms with E-state index in [1.807, 2.05) is 6.92 Å². The number of anilines is 2. The number of nitrogens with zero attached hydrogens (tertiary/aromatic N) is 4. The molecule has 0 aliphatic rings. The van der Waals surface area contributed by atoms with Crippen LogP contribution in [0.1, 0.15) is 19.8 Å².